The standard InChI is InChI=1S/C18H27N3O3S/c1-25-17-16(3-2-6-19-17)18(24)21-10-13(14(11-21)12-22)9-20-7-4-15(23)5-8-20/h2-3,6,13-15,22-23H,4-5,7-12H2,1H3/t13-,14-/m1/s1. The molecule has 0 unspecified atom stereocenters. The molecule has 138 valence electrons. The van der Waals surface area contributed by atoms with Crippen LogP contribution < -0.4 is 0 Å². The number of nitrogens with zero attached hydrogens (tertiary/aromatic N) is 3. The Hall–Kier alpha value is -1.15. The van der Waals surface area contributed by atoms with Crippen LogP contribution in [0.5, 0.6) is 0 Å². The van der Waals surface area contributed by atoms with Gasteiger partial charge in [-0.2, -0.15) is 0 Å². The number of carbonyl (C=O) groups excluding carboxylic acids is 1. The maximum Gasteiger partial charge on any atom is 0.256 e. The van der Waals surface area contributed by atoms with Crippen molar-refractivity contribution in [3.63, 3.8) is 0 Å². The van der Waals surface area contributed by atoms with Crippen molar-refractivity contribution in [1.29, 1.82) is 0 Å². The van der Waals surface area contributed by atoms with E-state index in [-0.39, 0.29) is 30.5 Å². The second kappa shape index (κ2) is 8.49. The number of pyridine rings is 1. The Morgan fingerprint density at radius 2 is 2.04 bits per heavy atom. The Morgan fingerprint density at radius 3 is 2.72 bits per heavy atom. The summed E-state index contributed by atoms with van der Waals surface area (Å²) in [5, 5.41) is 20.2. The van der Waals surface area contributed by atoms with E-state index in [1.165, 1.54) is 11.8 Å². The van der Waals surface area contributed by atoms with E-state index < -0.39 is 0 Å². The summed E-state index contributed by atoms with van der Waals surface area (Å²) in [5.74, 6) is 0.399. The van der Waals surface area contributed by atoms with E-state index in [0.29, 0.717) is 18.7 Å². The lowest BCUT2D eigenvalue weighted by Gasteiger charge is -2.32. The van der Waals surface area contributed by atoms with Crippen molar-refractivity contribution in [1.82, 2.24) is 14.8 Å². The Balaban J connectivity index is 1.65. The van der Waals surface area contributed by atoms with E-state index in [9.17, 15) is 15.0 Å². The van der Waals surface area contributed by atoms with Crippen LogP contribution in [-0.4, -0.2) is 82.6 Å². The topological polar surface area (TPSA) is 76.9 Å². The van der Waals surface area contributed by atoms with E-state index in [4.69, 9.17) is 0 Å². The molecule has 2 aliphatic rings. The molecule has 0 aromatic carbocycles. The molecule has 2 fully saturated rings. The van der Waals surface area contributed by atoms with Crippen molar-refractivity contribution in [2.24, 2.45) is 11.8 Å². The normalized spacial score (nSPS) is 25.5. The van der Waals surface area contributed by atoms with E-state index in [1.807, 2.05) is 17.2 Å². The molecule has 1 aromatic heterocycles. The number of thioether (sulfide) groups is 1. The summed E-state index contributed by atoms with van der Waals surface area (Å²) in [6.07, 6.45) is 5.07. The van der Waals surface area contributed by atoms with Crippen LogP contribution in [0.25, 0.3) is 0 Å². The third-order valence-electron chi connectivity index (χ3n) is 5.34. The van der Waals surface area contributed by atoms with Crippen molar-refractivity contribution in [2.75, 3.05) is 45.6 Å². The van der Waals surface area contributed by atoms with Crippen LogP contribution in [0.1, 0.15) is 23.2 Å². The highest BCUT2D eigenvalue weighted by molar-refractivity contribution is 7.98. The lowest BCUT2D eigenvalue weighted by Crippen LogP contribution is -2.40. The van der Waals surface area contributed by atoms with Crippen molar-refractivity contribution >= 4 is 17.7 Å². The third kappa shape index (κ3) is 4.34. The first-order chi connectivity index (χ1) is 12.1. The van der Waals surface area contributed by atoms with Gasteiger partial charge in [0.2, 0.25) is 0 Å². The minimum absolute atomic E-state index is 0.00691. The maximum absolute atomic E-state index is 12.9. The number of aliphatic hydroxyl groups is 2. The van der Waals surface area contributed by atoms with Gasteiger partial charge >= 0.3 is 0 Å². The number of aromatic nitrogens is 1. The van der Waals surface area contributed by atoms with Gasteiger partial charge in [-0.1, -0.05) is 0 Å². The molecule has 7 heteroatoms. The zero-order valence-electron chi connectivity index (χ0n) is 14.7. The fraction of sp³-hybridized carbons (Fsp3) is 0.667. The highest BCUT2D eigenvalue weighted by atomic mass is 32.2. The number of amides is 1. The molecular weight excluding hydrogens is 338 g/mol. The number of hydrogen-bond acceptors (Lipinski definition) is 6. The zero-order valence-corrected chi connectivity index (χ0v) is 15.5. The number of hydrogen-bond donors (Lipinski definition) is 2. The van der Waals surface area contributed by atoms with Gasteiger partial charge in [-0.25, -0.2) is 4.98 Å². The summed E-state index contributed by atoms with van der Waals surface area (Å²) < 4.78 is 0. The van der Waals surface area contributed by atoms with Crippen LogP contribution >= 0.6 is 11.8 Å². The average molecular weight is 365 g/mol. The molecule has 0 spiro atoms. The molecule has 25 heavy (non-hydrogen) atoms. The molecule has 2 N–H and O–H groups in total. The van der Waals surface area contributed by atoms with E-state index in [2.05, 4.69) is 9.88 Å². The molecule has 2 atom stereocenters. The van der Waals surface area contributed by atoms with Gasteiger partial charge in [-0.15, -0.1) is 11.8 Å². The third-order valence-corrected chi connectivity index (χ3v) is 6.05. The first-order valence-electron chi connectivity index (χ1n) is 8.92. The van der Waals surface area contributed by atoms with Gasteiger partial charge in [-0.3, -0.25) is 4.79 Å². The number of carbonyl (C=O) groups is 1. The molecule has 0 aliphatic carbocycles. The van der Waals surface area contributed by atoms with Gasteiger partial charge in [0, 0.05) is 51.4 Å². The fourth-order valence-corrected chi connectivity index (χ4v) is 4.38. The van der Waals surface area contributed by atoms with Crippen LogP contribution in [-0.2, 0) is 0 Å². The van der Waals surface area contributed by atoms with Crippen LogP contribution in [0, 0.1) is 11.8 Å². The molecule has 0 bridgehead atoms. The van der Waals surface area contributed by atoms with Crippen LogP contribution in [0.15, 0.2) is 23.4 Å². The SMILES string of the molecule is CSc1ncccc1C(=O)N1C[C@@H](CN2CCC(O)CC2)[C@@H](CO)C1. The van der Waals surface area contributed by atoms with Crippen molar-refractivity contribution in [3.05, 3.63) is 23.9 Å². The van der Waals surface area contributed by atoms with E-state index in [0.717, 1.165) is 37.5 Å². The minimum atomic E-state index is -0.179. The first-order valence-corrected chi connectivity index (χ1v) is 10.1. The average Bonchev–Trinajstić information content (AvgIpc) is 3.05. The van der Waals surface area contributed by atoms with Crippen LogP contribution in [0.2, 0.25) is 0 Å². The second-order valence-electron chi connectivity index (χ2n) is 7.00. The molecule has 6 nitrogen and oxygen atoms in total. The Bertz CT molecular complexity index is 593. The Labute approximate surface area is 153 Å². The van der Waals surface area contributed by atoms with Gasteiger partial charge < -0.3 is 20.0 Å². The smallest absolute Gasteiger partial charge is 0.256 e. The molecule has 1 aromatic rings. The molecule has 3 heterocycles. The molecule has 3 rings (SSSR count). The lowest BCUT2D eigenvalue weighted by atomic mass is 9.95. The summed E-state index contributed by atoms with van der Waals surface area (Å²) in [6, 6.07) is 3.62. The zero-order chi connectivity index (χ0) is 17.8. The van der Waals surface area contributed by atoms with E-state index in [1.54, 1.807) is 12.3 Å². The summed E-state index contributed by atoms with van der Waals surface area (Å²) in [5.41, 5.74) is 0.647. The number of rotatable bonds is 5. The number of likely N-dealkylation sites (tertiary alicyclic amines) is 2. The van der Waals surface area contributed by atoms with Gasteiger partial charge in [0.05, 0.1) is 11.7 Å². The monoisotopic (exact) mass is 365 g/mol. The quantitative estimate of drug-likeness (QED) is 0.757. The number of piperidine rings is 1. The fourth-order valence-electron chi connectivity index (χ4n) is 3.84. The van der Waals surface area contributed by atoms with Gasteiger partial charge in [0.15, 0.2) is 0 Å². The molecule has 0 radical (unpaired) electrons. The molecule has 2 saturated heterocycles. The predicted molar refractivity (Wildman–Crippen MR) is 97.7 cm³/mol. The summed E-state index contributed by atoms with van der Waals surface area (Å²) in [7, 11) is 0. The van der Waals surface area contributed by atoms with Crippen molar-refractivity contribution in [2.45, 2.75) is 24.0 Å². The number of aliphatic hydroxyl groups excluding tert-OH is 2. The highest BCUT2D eigenvalue weighted by Crippen LogP contribution is 2.28. The molecule has 2 aliphatic heterocycles. The Morgan fingerprint density at radius 1 is 1.32 bits per heavy atom. The molecule has 0 saturated carbocycles. The molecular formula is C18H27N3O3S. The first kappa shape index (κ1) is 18.6. The highest BCUT2D eigenvalue weighted by Gasteiger charge is 2.37. The van der Waals surface area contributed by atoms with Gasteiger partial charge in [0.1, 0.15) is 5.03 Å². The molecule has 1 amide bonds. The van der Waals surface area contributed by atoms with Gasteiger partial charge in [-0.05, 0) is 37.1 Å². The minimum Gasteiger partial charge on any atom is -0.396 e. The Kier molecular flexibility index (Phi) is 6.33. The summed E-state index contributed by atoms with van der Waals surface area (Å²) in [4.78, 5) is 21.4. The van der Waals surface area contributed by atoms with Crippen molar-refractivity contribution in [3.8, 4) is 0 Å². The second-order valence-corrected chi connectivity index (χ2v) is 7.80. The summed E-state index contributed by atoms with van der Waals surface area (Å²) >= 11 is 1.48. The van der Waals surface area contributed by atoms with E-state index >= 15 is 0 Å². The summed E-state index contributed by atoms with van der Waals surface area (Å²) in [6.45, 7) is 4.04. The van der Waals surface area contributed by atoms with Crippen LogP contribution in [0.4, 0.5) is 0 Å². The van der Waals surface area contributed by atoms with Crippen molar-refractivity contribution < 1.29 is 15.0 Å². The van der Waals surface area contributed by atoms with Gasteiger partial charge in [0.25, 0.3) is 5.91 Å². The predicted octanol–water partition coefficient (Wildman–Crippen LogP) is 0.941. The largest absolute Gasteiger partial charge is 0.396 e. The maximum atomic E-state index is 12.9. The lowest BCUT2D eigenvalue weighted by molar-refractivity contribution is 0.0678. The van der Waals surface area contributed by atoms with Crippen LogP contribution in [0.3, 0.4) is 0 Å².